The number of hydrogen-bond acceptors (Lipinski definition) is 3. The largest absolute Gasteiger partial charge is 0.495 e. The summed E-state index contributed by atoms with van der Waals surface area (Å²) in [5, 5.41) is 4.00. The Morgan fingerprint density at radius 2 is 1.86 bits per heavy atom. The fraction of sp³-hybridized carbons (Fsp3) is 0.235. The van der Waals surface area contributed by atoms with Crippen molar-refractivity contribution in [2.24, 2.45) is 0 Å². The molecule has 0 amide bonds. The van der Waals surface area contributed by atoms with E-state index >= 15 is 0 Å². The summed E-state index contributed by atoms with van der Waals surface area (Å²) < 4.78 is 5.34. The van der Waals surface area contributed by atoms with E-state index < -0.39 is 0 Å². The van der Waals surface area contributed by atoms with Gasteiger partial charge >= 0.3 is 0 Å². The fourth-order valence-corrected chi connectivity index (χ4v) is 2.50. The molecule has 0 heterocycles. The number of carbonyl (C=O) groups is 1. The SMILES string of the molecule is COc1ccccc1N[C@@H](CC(C)=O)c1ccccc1Cl. The van der Waals surface area contributed by atoms with Gasteiger partial charge in [0.05, 0.1) is 18.8 Å². The normalized spacial score (nSPS) is 11.8. The highest BCUT2D eigenvalue weighted by Crippen LogP contribution is 2.32. The van der Waals surface area contributed by atoms with Crippen molar-refractivity contribution >= 4 is 23.1 Å². The number of anilines is 1. The Morgan fingerprint density at radius 3 is 2.52 bits per heavy atom. The van der Waals surface area contributed by atoms with E-state index in [0.717, 1.165) is 17.0 Å². The van der Waals surface area contributed by atoms with Crippen LogP contribution in [0.25, 0.3) is 0 Å². The van der Waals surface area contributed by atoms with Crippen molar-refractivity contribution in [3.8, 4) is 5.75 Å². The van der Waals surface area contributed by atoms with Crippen molar-refractivity contribution in [3.05, 3.63) is 59.1 Å². The van der Waals surface area contributed by atoms with Gasteiger partial charge in [-0.25, -0.2) is 0 Å². The molecule has 3 nitrogen and oxygen atoms in total. The molecule has 0 radical (unpaired) electrons. The van der Waals surface area contributed by atoms with Crippen LogP contribution >= 0.6 is 11.6 Å². The van der Waals surface area contributed by atoms with Gasteiger partial charge in [0.25, 0.3) is 0 Å². The predicted molar refractivity (Wildman–Crippen MR) is 86.1 cm³/mol. The number of benzene rings is 2. The maximum absolute atomic E-state index is 11.6. The molecule has 0 aliphatic heterocycles. The summed E-state index contributed by atoms with van der Waals surface area (Å²) in [6, 6.07) is 15.0. The lowest BCUT2D eigenvalue weighted by molar-refractivity contribution is -0.117. The van der Waals surface area contributed by atoms with Crippen LogP contribution in [0.5, 0.6) is 5.75 Å². The highest BCUT2D eigenvalue weighted by Gasteiger charge is 2.17. The zero-order valence-electron chi connectivity index (χ0n) is 12.1. The quantitative estimate of drug-likeness (QED) is 0.855. The third kappa shape index (κ3) is 3.99. The highest BCUT2D eigenvalue weighted by molar-refractivity contribution is 6.31. The zero-order valence-corrected chi connectivity index (χ0v) is 12.9. The number of hydrogen-bond donors (Lipinski definition) is 1. The number of Topliss-reactive ketones (excluding diaryl/α,β-unsaturated/α-hetero) is 1. The average Bonchev–Trinajstić information content (AvgIpc) is 2.47. The minimum Gasteiger partial charge on any atom is -0.495 e. The van der Waals surface area contributed by atoms with Gasteiger partial charge in [-0.1, -0.05) is 41.9 Å². The van der Waals surface area contributed by atoms with Crippen molar-refractivity contribution in [2.45, 2.75) is 19.4 Å². The Morgan fingerprint density at radius 1 is 1.19 bits per heavy atom. The van der Waals surface area contributed by atoms with Crippen LogP contribution in [0, 0.1) is 0 Å². The first kappa shape index (κ1) is 15.4. The molecule has 21 heavy (non-hydrogen) atoms. The van der Waals surface area contributed by atoms with Crippen LogP contribution in [0.4, 0.5) is 5.69 Å². The van der Waals surface area contributed by atoms with Crippen LogP contribution in [0.15, 0.2) is 48.5 Å². The highest BCUT2D eigenvalue weighted by atomic mass is 35.5. The predicted octanol–water partition coefficient (Wildman–Crippen LogP) is 4.48. The number of para-hydroxylation sites is 2. The second-order valence-corrected chi connectivity index (χ2v) is 5.23. The molecule has 0 unspecified atom stereocenters. The van der Waals surface area contributed by atoms with E-state index in [9.17, 15) is 4.79 Å². The number of carbonyl (C=O) groups excluding carboxylic acids is 1. The van der Waals surface area contributed by atoms with Crippen LogP contribution in [0.2, 0.25) is 5.02 Å². The van der Waals surface area contributed by atoms with E-state index in [0.29, 0.717) is 11.4 Å². The summed E-state index contributed by atoms with van der Waals surface area (Å²) in [5.41, 5.74) is 1.74. The number of ketones is 1. The molecule has 1 atom stereocenters. The van der Waals surface area contributed by atoms with Crippen LogP contribution in [-0.2, 0) is 4.79 Å². The van der Waals surface area contributed by atoms with Gasteiger partial charge in [0, 0.05) is 11.4 Å². The van der Waals surface area contributed by atoms with Crippen LogP contribution in [-0.4, -0.2) is 12.9 Å². The molecule has 0 aromatic heterocycles. The summed E-state index contributed by atoms with van der Waals surface area (Å²) >= 11 is 6.26. The lowest BCUT2D eigenvalue weighted by Crippen LogP contribution is -2.15. The Hall–Kier alpha value is -2.00. The van der Waals surface area contributed by atoms with Crippen molar-refractivity contribution < 1.29 is 9.53 Å². The average molecular weight is 304 g/mol. The van der Waals surface area contributed by atoms with E-state index in [4.69, 9.17) is 16.3 Å². The summed E-state index contributed by atoms with van der Waals surface area (Å²) in [6.07, 6.45) is 0.363. The van der Waals surface area contributed by atoms with Crippen molar-refractivity contribution in [3.63, 3.8) is 0 Å². The Kier molecular flexibility index (Phi) is 5.23. The molecule has 4 heteroatoms. The van der Waals surface area contributed by atoms with Gasteiger partial charge in [0.15, 0.2) is 0 Å². The van der Waals surface area contributed by atoms with Gasteiger partial charge in [0.1, 0.15) is 11.5 Å². The van der Waals surface area contributed by atoms with Crippen molar-refractivity contribution in [1.82, 2.24) is 0 Å². The molecule has 0 bridgehead atoms. The molecule has 2 aromatic rings. The summed E-state index contributed by atoms with van der Waals surface area (Å²) in [6.45, 7) is 1.58. The number of nitrogens with one attached hydrogen (secondary N) is 1. The molecule has 0 fully saturated rings. The smallest absolute Gasteiger partial charge is 0.141 e. The number of methoxy groups -OCH3 is 1. The minimum atomic E-state index is -0.188. The second kappa shape index (κ2) is 7.14. The summed E-state index contributed by atoms with van der Waals surface area (Å²) in [4.78, 5) is 11.6. The molecule has 0 aliphatic rings. The lowest BCUT2D eigenvalue weighted by atomic mass is 10.0. The standard InChI is InChI=1S/C17H18ClNO2/c1-12(20)11-16(13-7-3-4-8-14(13)18)19-15-9-5-6-10-17(15)21-2/h3-10,16,19H,11H2,1-2H3/t16-/m0/s1. The monoisotopic (exact) mass is 303 g/mol. The van der Waals surface area contributed by atoms with E-state index in [2.05, 4.69) is 5.32 Å². The maximum Gasteiger partial charge on any atom is 0.141 e. The third-order valence-electron chi connectivity index (χ3n) is 3.21. The first-order chi connectivity index (χ1) is 10.1. The van der Waals surface area contributed by atoms with E-state index in [1.54, 1.807) is 14.0 Å². The Bertz CT molecular complexity index is 628. The lowest BCUT2D eigenvalue weighted by Gasteiger charge is -2.21. The molecule has 2 rings (SSSR count). The first-order valence-corrected chi connectivity index (χ1v) is 7.13. The molecule has 1 N–H and O–H groups in total. The van der Waals surface area contributed by atoms with Crippen molar-refractivity contribution in [1.29, 1.82) is 0 Å². The molecule has 110 valence electrons. The summed E-state index contributed by atoms with van der Waals surface area (Å²) in [5.74, 6) is 0.834. The van der Waals surface area contributed by atoms with Gasteiger partial charge in [-0.15, -0.1) is 0 Å². The van der Waals surface area contributed by atoms with Crippen LogP contribution < -0.4 is 10.1 Å². The number of halogens is 1. The molecule has 0 saturated carbocycles. The summed E-state index contributed by atoms with van der Waals surface area (Å²) in [7, 11) is 1.62. The van der Waals surface area contributed by atoms with Gasteiger partial charge in [-0.3, -0.25) is 4.79 Å². The van der Waals surface area contributed by atoms with Crippen LogP contribution in [0.1, 0.15) is 24.9 Å². The molecule has 0 spiro atoms. The van der Waals surface area contributed by atoms with Crippen molar-refractivity contribution in [2.75, 3.05) is 12.4 Å². The first-order valence-electron chi connectivity index (χ1n) is 6.75. The second-order valence-electron chi connectivity index (χ2n) is 4.82. The van der Waals surface area contributed by atoms with Gasteiger partial charge < -0.3 is 10.1 Å². The Labute approximate surface area is 129 Å². The zero-order chi connectivity index (χ0) is 15.2. The van der Waals surface area contributed by atoms with Gasteiger partial charge in [0.2, 0.25) is 0 Å². The number of rotatable bonds is 6. The molecular weight excluding hydrogens is 286 g/mol. The molecule has 0 aliphatic carbocycles. The van der Waals surface area contributed by atoms with E-state index in [-0.39, 0.29) is 11.8 Å². The molecular formula is C17H18ClNO2. The fourth-order valence-electron chi connectivity index (χ4n) is 2.24. The molecule has 2 aromatic carbocycles. The number of ether oxygens (including phenoxy) is 1. The molecule has 0 saturated heterocycles. The third-order valence-corrected chi connectivity index (χ3v) is 3.55. The van der Waals surface area contributed by atoms with E-state index in [1.165, 1.54) is 0 Å². The van der Waals surface area contributed by atoms with Gasteiger partial charge in [-0.05, 0) is 30.7 Å². The Balaban J connectivity index is 2.33. The minimum absolute atomic E-state index is 0.0994. The van der Waals surface area contributed by atoms with Gasteiger partial charge in [-0.2, -0.15) is 0 Å². The maximum atomic E-state index is 11.6. The topological polar surface area (TPSA) is 38.3 Å². The van der Waals surface area contributed by atoms with E-state index in [1.807, 2.05) is 48.5 Å². The van der Waals surface area contributed by atoms with Crippen LogP contribution in [0.3, 0.4) is 0 Å².